The predicted octanol–water partition coefficient (Wildman–Crippen LogP) is 2.25. The number of cyclic esters (lactones) is 1. The summed E-state index contributed by atoms with van der Waals surface area (Å²) < 4.78 is 10.0. The molecule has 0 unspecified atom stereocenters. The minimum atomic E-state index is -0.487. The molecule has 0 saturated carbocycles. The van der Waals surface area contributed by atoms with E-state index < -0.39 is 12.0 Å². The smallest absolute Gasteiger partial charge is 0.314 e. The lowest BCUT2D eigenvalue weighted by molar-refractivity contribution is -0.169. The lowest BCUT2D eigenvalue weighted by Gasteiger charge is -2.36. The number of benzene rings is 1. The van der Waals surface area contributed by atoms with Crippen LogP contribution in [0.5, 0.6) is 0 Å². The van der Waals surface area contributed by atoms with Crippen molar-refractivity contribution in [3.05, 3.63) is 35.9 Å². The Morgan fingerprint density at radius 1 is 1.36 bits per heavy atom. The average molecular weight is 328 g/mol. The van der Waals surface area contributed by atoms with E-state index in [4.69, 9.17) is 9.47 Å². The number of rotatable bonds is 4. The summed E-state index contributed by atoms with van der Waals surface area (Å²) in [6.07, 6.45) is -0.319. The molecular formula is C16H22ClNO4. The van der Waals surface area contributed by atoms with Crippen molar-refractivity contribution in [1.29, 1.82) is 0 Å². The highest BCUT2D eigenvalue weighted by Crippen LogP contribution is 2.26. The van der Waals surface area contributed by atoms with Crippen molar-refractivity contribution in [2.24, 2.45) is 5.92 Å². The van der Waals surface area contributed by atoms with Crippen molar-refractivity contribution >= 4 is 24.3 Å². The summed E-state index contributed by atoms with van der Waals surface area (Å²) in [5.41, 5.74) is 1.10. The van der Waals surface area contributed by atoms with Crippen molar-refractivity contribution < 1.29 is 19.1 Å². The molecule has 0 radical (unpaired) electrons. The summed E-state index contributed by atoms with van der Waals surface area (Å²) in [5.74, 6) is -1.13. The summed E-state index contributed by atoms with van der Waals surface area (Å²) in [7, 11) is 1.35. The highest BCUT2D eigenvalue weighted by atomic mass is 35.5. The fourth-order valence-corrected chi connectivity index (χ4v) is 2.78. The molecule has 0 bridgehead atoms. The second-order valence-electron chi connectivity index (χ2n) is 5.35. The Morgan fingerprint density at radius 3 is 2.59 bits per heavy atom. The molecule has 4 atom stereocenters. The number of carbonyl (C=O) groups is 2. The first kappa shape index (κ1) is 18.5. The van der Waals surface area contributed by atoms with Crippen LogP contribution in [-0.2, 0) is 19.1 Å². The molecule has 0 aliphatic carbocycles. The van der Waals surface area contributed by atoms with Crippen molar-refractivity contribution in [1.82, 2.24) is 5.32 Å². The summed E-state index contributed by atoms with van der Waals surface area (Å²) in [4.78, 5) is 23.6. The Morgan fingerprint density at radius 2 is 2.00 bits per heavy atom. The second kappa shape index (κ2) is 8.15. The lowest BCUT2D eigenvalue weighted by Crippen LogP contribution is -2.52. The van der Waals surface area contributed by atoms with Crippen LogP contribution in [0.15, 0.2) is 30.3 Å². The number of nitrogens with one attached hydrogen (secondary N) is 1. The Kier molecular flexibility index (Phi) is 6.84. The SMILES string of the molecule is COC(=O)[C@@H]1[C@H](C)OC(=O)C[C@H]1N[C@H](C)c1ccccc1.Cl. The van der Waals surface area contributed by atoms with Crippen LogP contribution >= 0.6 is 12.4 Å². The molecule has 1 aliphatic rings. The molecule has 2 rings (SSSR count). The van der Waals surface area contributed by atoms with Crippen molar-refractivity contribution in [2.45, 2.75) is 38.5 Å². The van der Waals surface area contributed by atoms with Crippen LogP contribution in [0.2, 0.25) is 0 Å². The van der Waals surface area contributed by atoms with E-state index in [1.54, 1.807) is 6.92 Å². The van der Waals surface area contributed by atoms with Gasteiger partial charge in [0.25, 0.3) is 0 Å². The Balaban J connectivity index is 0.00000242. The van der Waals surface area contributed by atoms with Crippen LogP contribution in [0.1, 0.15) is 31.9 Å². The standard InChI is InChI=1S/C16H21NO4.ClH/c1-10(12-7-5-4-6-8-12)17-13-9-14(18)21-11(2)15(13)16(19)20-3;/h4-8,10-11,13,15,17H,9H2,1-3H3;1H/t10-,11+,13-,15-;/m1./s1. The van der Waals surface area contributed by atoms with Gasteiger partial charge in [-0.2, -0.15) is 0 Å². The van der Waals surface area contributed by atoms with E-state index in [0.717, 1.165) is 5.56 Å². The zero-order valence-corrected chi connectivity index (χ0v) is 13.8. The normalized spacial score (nSPS) is 25.6. The van der Waals surface area contributed by atoms with E-state index in [2.05, 4.69) is 5.32 Å². The van der Waals surface area contributed by atoms with Gasteiger partial charge in [0, 0.05) is 12.1 Å². The first-order valence-electron chi connectivity index (χ1n) is 7.11. The molecule has 1 fully saturated rings. The molecule has 1 heterocycles. The highest BCUT2D eigenvalue weighted by Gasteiger charge is 2.42. The van der Waals surface area contributed by atoms with Gasteiger partial charge in [0.15, 0.2) is 0 Å². The largest absolute Gasteiger partial charge is 0.469 e. The molecule has 1 aromatic carbocycles. The topological polar surface area (TPSA) is 64.6 Å². The van der Waals surface area contributed by atoms with E-state index >= 15 is 0 Å². The van der Waals surface area contributed by atoms with Crippen LogP contribution < -0.4 is 5.32 Å². The van der Waals surface area contributed by atoms with E-state index in [1.165, 1.54) is 7.11 Å². The quantitative estimate of drug-likeness (QED) is 0.859. The maximum Gasteiger partial charge on any atom is 0.314 e. The van der Waals surface area contributed by atoms with Crippen molar-refractivity contribution in [3.63, 3.8) is 0 Å². The molecular weight excluding hydrogens is 306 g/mol. The fraction of sp³-hybridized carbons (Fsp3) is 0.500. The van der Waals surface area contributed by atoms with Gasteiger partial charge >= 0.3 is 11.9 Å². The first-order chi connectivity index (χ1) is 10.0. The molecule has 0 aromatic heterocycles. The van der Waals surface area contributed by atoms with Gasteiger partial charge in [0.1, 0.15) is 12.0 Å². The first-order valence-corrected chi connectivity index (χ1v) is 7.11. The molecule has 1 N–H and O–H groups in total. The number of halogens is 1. The number of hydrogen-bond acceptors (Lipinski definition) is 5. The minimum absolute atomic E-state index is 0. The van der Waals surface area contributed by atoms with Gasteiger partial charge in [-0.3, -0.25) is 9.59 Å². The molecule has 122 valence electrons. The zero-order chi connectivity index (χ0) is 15.4. The molecule has 5 nitrogen and oxygen atoms in total. The summed E-state index contributed by atoms with van der Waals surface area (Å²) in [5, 5.41) is 3.36. The van der Waals surface area contributed by atoms with Crippen molar-refractivity contribution in [3.8, 4) is 0 Å². The number of esters is 2. The van der Waals surface area contributed by atoms with Crippen LogP contribution in [0.3, 0.4) is 0 Å². The Hall–Kier alpha value is -1.59. The van der Waals surface area contributed by atoms with E-state index in [1.807, 2.05) is 37.3 Å². The van der Waals surface area contributed by atoms with Gasteiger partial charge in [-0.25, -0.2) is 0 Å². The third-order valence-electron chi connectivity index (χ3n) is 3.88. The zero-order valence-electron chi connectivity index (χ0n) is 12.9. The number of hydrogen-bond donors (Lipinski definition) is 1. The summed E-state index contributed by atoms with van der Waals surface area (Å²) in [6, 6.07) is 9.63. The van der Waals surface area contributed by atoms with Gasteiger partial charge in [0.2, 0.25) is 0 Å². The number of ether oxygens (including phenoxy) is 2. The average Bonchev–Trinajstić information content (AvgIpc) is 2.47. The third kappa shape index (κ3) is 4.21. The molecule has 6 heteroatoms. The van der Waals surface area contributed by atoms with Crippen LogP contribution in [0.4, 0.5) is 0 Å². The molecule has 0 spiro atoms. The maximum absolute atomic E-state index is 12.0. The Bertz CT molecular complexity index is 508. The molecule has 22 heavy (non-hydrogen) atoms. The highest BCUT2D eigenvalue weighted by molar-refractivity contribution is 5.85. The summed E-state index contributed by atoms with van der Waals surface area (Å²) in [6.45, 7) is 3.73. The van der Waals surface area contributed by atoms with E-state index in [-0.39, 0.29) is 42.9 Å². The minimum Gasteiger partial charge on any atom is -0.469 e. The van der Waals surface area contributed by atoms with Crippen LogP contribution in [0, 0.1) is 5.92 Å². The van der Waals surface area contributed by atoms with E-state index in [9.17, 15) is 9.59 Å². The van der Waals surface area contributed by atoms with Crippen molar-refractivity contribution in [2.75, 3.05) is 7.11 Å². The van der Waals surface area contributed by atoms with Crippen LogP contribution in [-0.4, -0.2) is 31.2 Å². The maximum atomic E-state index is 12.0. The van der Waals surface area contributed by atoms with E-state index in [0.29, 0.717) is 0 Å². The molecule has 1 aromatic rings. The third-order valence-corrected chi connectivity index (χ3v) is 3.88. The van der Waals surface area contributed by atoms with Crippen LogP contribution in [0.25, 0.3) is 0 Å². The van der Waals surface area contributed by atoms with Gasteiger partial charge in [-0.1, -0.05) is 30.3 Å². The lowest BCUT2D eigenvalue weighted by atomic mass is 9.88. The molecule has 0 amide bonds. The van der Waals surface area contributed by atoms with Gasteiger partial charge in [0.05, 0.1) is 13.5 Å². The second-order valence-corrected chi connectivity index (χ2v) is 5.35. The fourth-order valence-electron chi connectivity index (χ4n) is 2.78. The molecule has 1 saturated heterocycles. The van der Waals surface area contributed by atoms with Gasteiger partial charge in [-0.15, -0.1) is 12.4 Å². The van der Waals surface area contributed by atoms with Gasteiger partial charge < -0.3 is 14.8 Å². The monoisotopic (exact) mass is 327 g/mol. The summed E-state index contributed by atoms with van der Waals surface area (Å²) >= 11 is 0. The Labute approximate surface area is 136 Å². The van der Waals surface area contributed by atoms with Gasteiger partial charge in [-0.05, 0) is 19.4 Å². The number of methoxy groups -OCH3 is 1. The number of carbonyl (C=O) groups excluding carboxylic acids is 2. The molecule has 1 aliphatic heterocycles. The predicted molar refractivity (Wildman–Crippen MR) is 84.7 cm³/mol.